The topological polar surface area (TPSA) is 58.6 Å². The maximum absolute atomic E-state index is 12.9. The SMILES string of the molecule is O=S(=O)(NCC(c1ccccc1)N1CCOCC1)c1ccc2c(c1)CCC2. The number of nitrogens with zero attached hydrogens (tertiary/aromatic N) is 1. The Kier molecular flexibility index (Phi) is 5.59. The number of fused-ring (bicyclic) bond motifs is 1. The smallest absolute Gasteiger partial charge is 0.240 e. The van der Waals surface area contributed by atoms with Gasteiger partial charge in [-0.2, -0.15) is 0 Å². The van der Waals surface area contributed by atoms with Crippen LogP contribution in [-0.4, -0.2) is 46.2 Å². The molecular formula is C21H26N2O3S. The third kappa shape index (κ3) is 4.24. The van der Waals surface area contributed by atoms with E-state index in [0.717, 1.165) is 37.9 Å². The summed E-state index contributed by atoms with van der Waals surface area (Å²) in [5.41, 5.74) is 3.58. The van der Waals surface area contributed by atoms with Crippen LogP contribution < -0.4 is 4.72 Å². The molecule has 0 saturated carbocycles. The second kappa shape index (κ2) is 8.10. The van der Waals surface area contributed by atoms with Crippen molar-refractivity contribution in [1.82, 2.24) is 9.62 Å². The Morgan fingerprint density at radius 3 is 2.52 bits per heavy atom. The molecule has 1 heterocycles. The number of hydrogen-bond acceptors (Lipinski definition) is 4. The van der Waals surface area contributed by atoms with Crippen LogP contribution in [0.3, 0.4) is 0 Å². The Labute approximate surface area is 161 Å². The van der Waals surface area contributed by atoms with Gasteiger partial charge in [-0.05, 0) is 48.1 Å². The van der Waals surface area contributed by atoms with E-state index < -0.39 is 10.0 Å². The molecule has 6 heteroatoms. The fourth-order valence-electron chi connectivity index (χ4n) is 4.01. The van der Waals surface area contributed by atoms with Crippen molar-refractivity contribution in [1.29, 1.82) is 0 Å². The highest BCUT2D eigenvalue weighted by Gasteiger charge is 2.25. The number of rotatable bonds is 6. The number of sulfonamides is 1. The Balaban J connectivity index is 1.52. The van der Waals surface area contributed by atoms with Gasteiger partial charge in [-0.15, -0.1) is 0 Å². The fraction of sp³-hybridized carbons (Fsp3) is 0.429. The summed E-state index contributed by atoms with van der Waals surface area (Å²) in [4.78, 5) is 2.67. The molecule has 1 N–H and O–H groups in total. The first-order valence-electron chi connectivity index (χ1n) is 9.62. The summed E-state index contributed by atoms with van der Waals surface area (Å²) in [6.45, 7) is 3.32. The molecule has 1 fully saturated rings. The summed E-state index contributed by atoms with van der Waals surface area (Å²) in [5, 5.41) is 0. The molecular weight excluding hydrogens is 360 g/mol. The summed E-state index contributed by atoms with van der Waals surface area (Å²) in [7, 11) is -3.53. The van der Waals surface area contributed by atoms with Crippen molar-refractivity contribution in [2.24, 2.45) is 0 Å². The fourth-order valence-corrected chi connectivity index (χ4v) is 5.10. The maximum atomic E-state index is 12.9. The van der Waals surface area contributed by atoms with E-state index in [1.54, 1.807) is 6.07 Å². The molecule has 27 heavy (non-hydrogen) atoms. The summed E-state index contributed by atoms with van der Waals surface area (Å²) in [5.74, 6) is 0. The molecule has 2 aromatic rings. The second-order valence-corrected chi connectivity index (χ2v) is 8.98. The lowest BCUT2D eigenvalue weighted by Gasteiger charge is -2.34. The largest absolute Gasteiger partial charge is 0.379 e. The highest BCUT2D eigenvalue weighted by atomic mass is 32.2. The highest BCUT2D eigenvalue weighted by Crippen LogP contribution is 2.26. The van der Waals surface area contributed by atoms with Crippen LogP contribution in [0.5, 0.6) is 0 Å². The van der Waals surface area contributed by atoms with Crippen molar-refractivity contribution < 1.29 is 13.2 Å². The number of ether oxygens (including phenoxy) is 1. The van der Waals surface area contributed by atoms with Gasteiger partial charge in [0.25, 0.3) is 0 Å². The van der Waals surface area contributed by atoms with E-state index in [9.17, 15) is 8.42 Å². The van der Waals surface area contributed by atoms with E-state index >= 15 is 0 Å². The van der Waals surface area contributed by atoms with Crippen LogP contribution in [0.15, 0.2) is 53.4 Å². The van der Waals surface area contributed by atoms with Crippen LogP contribution in [0, 0.1) is 0 Å². The van der Waals surface area contributed by atoms with Gasteiger partial charge in [-0.1, -0.05) is 36.4 Å². The van der Waals surface area contributed by atoms with Crippen LogP contribution in [0.2, 0.25) is 0 Å². The molecule has 0 bridgehead atoms. The van der Waals surface area contributed by atoms with Crippen molar-refractivity contribution in [2.75, 3.05) is 32.8 Å². The lowest BCUT2D eigenvalue weighted by atomic mass is 10.1. The van der Waals surface area contributed by atoms with E-state index in [1.165, 1.54) is 11.1 Å². The van der Waals surface area contributed by atoms with Crippen molar-refractivity contribution >= 4 is 10.0 Å². The third-order valence-corrected chi connectivity index (χ3v) is 6.94. The van der Waals surface area contributed by atoms with Crippen LogP contribution >= 0.6 is 0 Å². The van der Waals surface area contributed by atoms with Gasteiger partial charge in [0, 0.05) is 25.7 Å². The average Bonchev–Trinajstić information content (AvgIpc) is 3.18. The predicted octanol–water partition coefficient (Wildman–Crippen LogP) is 2.53. The summed E-state index contributed by atoms with van der Waals surface area (Å²) in [6, 6.07) is 15.6. The zero-order valence-electron chi connectivity index (χ0n) is 15.4. The van der Waals surface area contributed by atoms with Gasteiger partial charge in [0.1, 0.15) is 0 Å². The lowest BCUT2D eigenvalue weighted by molar-refractivity contribution is 0.0172. The lowest BCUT2D eigenvalue weighted by Crippen LogP contribution is -2.43. The highest BCUT2D eigenvalue weighted by molar-refractivity contribution is 7.89. The van der Waals surface area contributed by atoms with Gasteiger partial charge in [-0.3, -0.25) is 4.90 Å². The summed E-state index contributed by atoms with van der Waals surface area (Å²) >= 11 is 0. The average molecular weight is 387 g/mol. The normalized spacial score (nSPS) is 19.0. The minimum absolute atomic E-state index is 0.000646. The minimum atomic E-state index is -3.53. The Morgan fingerprint density at radius 2 is 1.74 bits per heavy atom. The van der Waals surface area contributed by atoms with Crippen LogP contribution in [0.4, 0.5) is 0 Å². The van der Waals surface area contributed by atoms with E-state index in [4.69, 9.17) is 4.74 Å². The zero-order chi connectivity index (χ0) is 18.7. The van der Waals surface area contributed by atoms with Crippen molar-refractivity contribution in [3.63, 3.8) is 0 Å². The van der Waals surface area contributed by atoms with Gasteiger partial charge < -0.3 is 4.74 Å². The molecule has 4 rings (SSSR count). The monoisotopic (exact) mass is 386 g/mol. The molecule has 1 unspecified atom stereocenters. The molecule has 2 aromatic carbocycles. The summed E-state index contributed by atoms with van der Waals surface area (Å²) in [6.07, 6.45) is 3.13. The van der Waals surface area contributed by atoms with Crippen molar-refractivity contribution in [3.05, 3.63) is 65.2 Å². The van der Waals surface area contributed by atoms with Crippen molar-refractivity contribution in [2.45, 2.75) is 30.2 Å². The number of morpholine rings is 1. The molecule has 0 amide bonds. The maximum Gasteiger partial charge on any atom is 0.240 e. The first-order valence-corrected chi connectivity index (χ1v) is 11.1. The van der Waals surface area contributed by atoms with E-state index in [2.05, 4.69) is 21.8 Å². The summed E-state index contributed by atoms with van der Waals surface area (Å²) < 4.78 is 34.1. The Hall–Kier alpha value is -1.73. The van der Waals surface area contributed by atoms with E-state index in [1.807, 2.05) is 30.3 Å². The number of aryl methyl sites for hydroxylation is 2. The molecule has 2 aliphatic rings. The second-order valence-electron chi connectivity index (χ2n) is 7.21. The van der Waals surface area contributed by atoms with Crippen LogP contribution in [0.1, 0.15) is 29.2 Å². The number of benzene rings is 2. The molecule has 1 atom stereocenters. The zero-order valence-corrected chi connectivity index (χ0v) is 16.2. The minimum Gasteiger partial charge on any atom is -0.379 e. The van der Waals surface area contributed by atoms with Gasteiger partial charge in [0.15, 0.2) is 0 Å². The molecule has 1 aliphatic heterocycles. The third-order valence-electron chi connectivity index (χ3n) is 5.52. The standard InChI is InChI=1S/C21H26N2O3S/c24-27(25,20-10-9-17-7-4-8-19(17)15-20)22-16-21(18-5-2-1-3-6-18)23-11-13-26-14-12-23/h1-3,5-6,9-10,15,21-22H,4,7-8,11-14,16H2. The Bertz CT molecular complexity index is 878. The van der Waals surface area contributed by atoms with Gasteiger partial charge in [-0.25, -0.2) is 13.1 Å². The number of nitrogens with one attached hydrogen (secondary N) is 1. The molecule has 1 aliphatic carbocycles. The molecule has 0 aromatic heterocycles. The van der Waals surface area contributed by atoms with E-state index in [-0.39, 0.29) is 6.04 Å². The predicted molar refractivity (Wildman–Crippen MR) is 105 cm³/mol. The van der Waals surface area contributed by atoms with Crippen molar-refractivity contribution in [3.8, 4) is 0 Å². The van der Waals surface area contributed by atoms with Gasteiger partial charge >= 0.3 is 0 Å². The number of hydrogen-bond donors (Lipinski definition) is 1. The van der Waals surface area contributed by atoms with Gasteiger partial charge in [0.2, 0.25) is 10.0 Å². The first kappa shape index (κ1) is 18.6. The van der Waals surface area contributed by atoms with E-state index in [0.29, 0.717) is 24.7 Å². The quantitative estimate of drug-likeness (QED) is 0.829. The van der Waals surface area contributed by atoms with Crippen LogP contribution in [-0.2, 0) is 27.6 Å². The molecule has 0 radical (unpaired) electrons. The molecule has 144 valence electrons. The molecule has 1 saturated heterocycles. The van der Waals surface area contributed by atoms with Crippen LogP contribution in [0.25, 0.3) is 0 Å². The Morgan fingerprint density at radius 1 is 1.00 bits per heavy atom. The molecule has 5 nitrogen and oxygen atoms in total. The van der Waals surface area contributed by atoms with Gasteiger partial charge in [0.05, 0.1) is 18.1 Å². The first-order chi connectivity index (χ1) is 13.1. The molecule has 0 spiro atoms.